The molecule has 2 rings (SSSR count). The minimum atomic E-state index is -0.439. The van der Waals surface area contributed by atoms with Gasteiger partial charge in [-0.15, -0.1) is 0 Å². The Bertz CT molecular complexity index is 419. The molecule has 0 radical (unpaired) electrons. The number of pyridine rings is 1. The lowest BCUT2D eigenvalue weighted by Crippen LogP contribution is -2.44. The Hall–Kier alpha value is -1.91. The van der Waals surface area contributed by atoms with Crippen LogP contribution in [-0.2, 0) is 16.0 Å². The van der Waals surface area contributed by atoms with Crippen LogP contribution in [0.1, 0.15) is 18.5 Å². The molecule has 1 aliphatic rings. The maximum atomic E-state index is 12.0. The second-order valence-corrected chi connectivity index (χ2v) is 4.15. The Labute approximate surface area is 99.6 Å². The van der Waals surface area contributed by atoms with Gasteiger partial charge in [-0.3, -0.25) is 14.6 Å². The summed E-state index contributed by atoms with van der Waals surface area (Å²) >= 11 is 0. The van der Waals surface area contributed by atoms with E-state index < -0.39 is 11.9 Å². The molecule has 2 heterocycles. The molecule has 2 N–H and O–H groups in total. The maximum absolute atomic E-state index is 12.0. The van der Waals surface area contributed by atoms with E-state index in [1.165, 1.54) is 0 Å². The van der Waals surface area contributed by atoms with Crippen LogP contribution in [0, 0.1) is 0 Å². The Morgan fingerprint density at radius 1 is 1.47 bits per heavy atom. The van der Waals surface area contributed by atoms with E-state index in [9.17, 15) is 9.59 Å². The molecule has 0 bridgehead atoms. The van der Waals surface area contributed by atoms with Crippen LogP contribution in [0.15, 0.2) is 24.4 Å². The number of amides is 2. The first-order chi connectivity index (χ1) is 8.18. The van der Waals surface area contributed by atoms with E-state index in [1.54, 1.807) is 23.2 Å². The fraction of sp³-hybridized carbons (Fsp3) is 0.417. The first-order valence-corrected chi connectivity index (χ1v) is 5.67. The van der Waals surface area contributed by atoms with Crippen LogP contribution in [0.4, 0.5) is 0 Å². The minimum Gasteiger partial charge on any atom is -0.368 e. The highest BCUT2D eigenvalue weighted by Crippen LogP contribution is 2.17. The largest absolute Gasteiger partial charge is 0.368 e. The summed E-state index contributed by atoms with van der Waals surface area (Å²) in [6.45, 7) is 0.610. The molecule has 1 aromatic rings. The molecule has 1 aliphatic heterocycles. The number of nitrogens with two attached hydrogens (primary N) is 1. The van der Waals surface area contributed by atoms with Gasteiger partial charge in [0.15, 0.2) is 0 Å². The standard InChI is InChI=1S/C12H15N3O2/c13-12(17)10-5-3-7-15(10)11(16)8-9-4-1-2-6-14-9/h1-2,4,6,10H,3,5,7-8H2,(H2,13,17). The van der Waals surface area contributed by atoms with Crippen molar-refractivity contribution in [2.75, 3.05) is 6.54 Å². The van der Waals surface area contributed by atoms with Crippen molar-refractivity contribution in [2.45, 2.75) is 25.3 Å². The smallest absolute Gasteiger partial charge is 0.240 e. The SMILES string of the molecule is NC(=O)C1CCCN1C(=O)Cc1ccccn1. The number of rotatable bonds is 3. The van der Waals surface area contributed by atoms with Crippen LogP contribution in [-0.4, -0.2) is 34.3 Å². The second-order valence-electron chi connectivity index (χ2n) is 4.15. The molecule has 5 nitrogen and oxygen atoms in total. The molecule has 17 heavy (non-hydrogen) atoms. The molecule has 0 aromatic carbocycles. The van der Waals surface area contributed by atoms with Crippen LogP contribution in [0.5, 0.6) is 0 Å². The monoisotopic (exact) mass is 233 g/mol. The minimum absolute atomic E-state index is 0.0787. The van der Waals surface area contributed by atoms with E-state index in [0.717, 1.165) is 6.42 Å². The molecule has 1 unspecified atom stereocenters. The summed E-state index contributed by atoms with van der Waals surface area (Å²) in [5.74, 6) is -0.498. The Morgan fingerprint density at radius 2 is 2.29 bits per heavy atom. The number of hydrogen-bond acceptors (Lipinski definition) is 3. The topological polar surface area (TPSA) is 76.3 Å². The average molecular weight is 233 g/mol. The summed E-state index contributed by atoms with van der Waals surface area (Å²) in [5, 5.41) is 0. The number of primary amides is 1. The lowest BCUT2D eigenvalue weighted by molar-refractivity contribution is -0.136. The third-order valence-electron chi connectivity index (χ3n) is 2.96. The Balaban J connectivity index is 2.03. The maximum Gasteiger partial charge on any atom is 0.240 e. The molecule has 1 atom stereocenters. The van der Waals surface area contributed by atoms with Crippen molar-refractivity contribution in [3.8, 4) is 0 Å². The van der Waals surface area contributed by atoms with Crippen LogP contribution >= 0.6 is 0 Å². The zero-order valence-electron chi connectivity index (χ0n) is 9.50. The quantitative estimate of drug-likeness (QED) is 0.804. The summed E-state index contributed by atoms with van der Waals surface area (Å²) in [5.41, 5.74) is 5.99. The molecular weight excluding hydrogens is 218 g/mol. The van der Waals surface area contributed by atoms with Gasteiger partial charge in [-0.1, -0.05) is 6.07 Å². The third kappa shape index (κ3) is 2.61. The van der Waals surface area contributed by atoms with Crippen molar-refractivity contribution in [2.24, 2.45) is 5.73 Å². The molecule has 90 valence electrons. The Kier molecular flexibility index (Phi) is 3.37. The van der Waals surface area contributed by atoms with Crippen LogP contribution in [0.25, 0.3) is 0 Å². The van der Waals surface area contributed by atoms with Gasteiger partial charge in [0.1, 0.15) is 6.04 Å². The lowest BCUT2D eigenvalue weighted by atomic mass is 10.2. The molecule has 0 saturated carbocycles. The van der Waals surface area contributed by atoms with E-state index in [-0.39, 0.29) is 12.3 Å². The van der Waals surface area contributed by atoms with Gasteiger partial charge in [0.25, 0.3) is 0 Å². The van der Waals surface area contributed by atoms with Crippen molar-refractivity contribution in [1.82, 2.24) is 9.88 Å². The summed E-state index contributed by atoms with van der Waals surface area (Å²) in [6, 6.07) is 5.00. The molecule has 0 spiro atoms. The van der Waals surface area contributed by atoms with Crippen LogP contribution < -0.4 is 5.73 Å². The van der Waals surface area contributed by atoms with Crippen molar-refractivity contribution in [1.29, 1.82) is 0 Å². The molecule has 1 fully saturated rings. The predicted octanol–water partition coefficient (Wildman–Crippen LogP) is 0.100. The van der Waals surface area contributed by atoms with Gasteiger partial charge in [0.2, 0.25) is 11.8 Å². The fourth-order valence-corrected chi connectivity index (χ4v) is 2.12. The second kappa shape index (κ2) is 4.95. The number of carbonyl (C=O) groups excluding carboxylic acids is 2. The molecule has 1 saturated heterocycles. The van der Waals surface area contributed by atoms with Gasteiger partial charge in [-0.2, -0.15) is 0 Å². The highest BCUT2D eigenvalue weighted by atomic mass is 16.2. The number of hydrogen-bond donors (Lipinski definition) is 1. The lowest BCUT2D eigenvalue weighted by Gasteiger charge is -2.21. The van der Waals surface area contributed by atoms with E-state index in [4.69, 9.17) is 5.73 Å². The molecular formula is C12H15N3O2. The first kappa shape index (κ1) is 11.6. The van der Waals surface area contributed by atoms with Crippen molar-refractivity contribution < 1.29 is 9.59 Å². The normalized spacial score (nSPS) is 19.3. The average Bonchev–Trinajstić information content (AvgIpc) is 2.79. The van der Waals surface area contributed by atoms with Gasteiger partial charge in [0, 0.05) is 18.4 Å². The molecule has 2 amide bonds. The number of aromatic nitrogens is 1. The van der Waals surface area contributed by atoms with Crippen molar-refractivity contribution in [3.63, 3.8) is 0 Å². The molecule has 0 aliphatic carbocycles. The number of nitrogens with zero attached hydrogens (tertiary/aromatic N) is 2. The zero-order chi connectivity index (χ0) is 12.3. The molecule has 5 heteroatoms. The number of carbonyl (C=O) groups is 2. The molecule has 1 aromatic heterocycles. The Morgan fingerprint density at radius 3 is 2.94 bits per heavy atom. The summed E-state index contributed by atoms with van der Waals surface area (Å²) in [4.78, 5) is 28.9. The highest BCUT2D eigenvalue weighted by molar-refractivity contribution is 5.87. The van der Waals surface area contributed by atoms with Crippen LogP contribution in [0.2, 0.25) is 0 Å². The van der Waals surface area contributed by atoms with E-state index >= 15 is 0 Å². The van der Waals surface area contributed by atoms with Gasteiger partial charge in [-0.05, 0) is 25.0 Å². The number of likely N-dealkylation sites (tertiary alicyclic amines) is 1. The summed E-state index contributed by atoms with van der Waals surface area (Å²) < 4.78 is 0. The van der Waals surface area contributed by atoms with E-state index in [2.05, 4.69) is 4.98 Å². The predicted molar refractivity (Wildman–Crippen MR) is 61.9 cm³/mol. The van der Waals surface area contributed by atoms with Crippen molar-refractivity contribution >= 4 is 11.8 Å². The third-order valence-corrected chi connectivity index (χ3v) is 2.96. The van der Waals surface area contributed by atoms with Gasteiger partial charge >= 0.3 is 0 Å². The van der Waals surface area contributed by atoms with Gasteiger partial charge in [-0.25, -0.2) is 0 Å². The zero-order valence-corrected chi connectivity index (χ0v) is 9.50. The first-order valence-electron chi connectivity index (χ1n) is 5.67. The van der Waals surface area contributed by atoms with E-state index in [0.29, 0.717) is 18.7 Å². The summed E-state index contributed by atoms with van der Waals surface area (Å²) in [7, 11) is 0. The fourth-order valence-electron chi connectivity index (χ4n) is 2.12. The van der Waals surface area contributed by atoms with Crippen LogP contribution in [0.3, 0.4) is 0 Å². The van der Waals surface area contributed by atoms with E-state index in [1.807, 2.05) is 6.07 Å². The van der Waals surface area contributed by atoms with Gasteiger partial charge < -0.3 is 10.6 Å². The highest BCUT2D eigenvalue weighted by Gasteiger charge is 2.32. The van der Waals surface area contributed by atoms with Crippen molar-refractivity contribution in [3.05, 3.63) is 30.1 Å². The summed E-state index contributed by atoms with van der Waals surface area (Å²) in [6.07, 6.45) is 3.38. The van der Waals surface area contributed by atoms with Gasteiger partial charge in [0.05, 0.1) is 6.42 Å².